The first-order valence-corrected chi connectivity index (χ1v) is 11.1. The first-order chi connectivity index (χ1) is 14.6. The van der Waals surface area contributed by atoms with Crippen LogP contribution in [0.3, 0.4) is 0 Å². The maximum atomic E-state index is 12.1. The van der Waals surface area contributed by atoms with E-state index in [2.05, 4.69) is 29.8 Å². The maximum absolute atomic E-state index is 12.1. The fraction of sp³-hybridized carbons (Fsp3) is 0.667. The lowest BCUT2D eigenvalue weighted by Crippen LogP contribution is -2.38. The molecule has 7 heteroatoms. The van der Waals surface area contributed by atoms with Gasteiger partial charge in [0.05, 0.1) is 31.0 Å². The molecule has 0 saturated heterocycles. The first kappa shape index (κ1) is 27.1. The molecule has 176 valence electrons. The molecule has 0 bridgehead atoms. The molecular formula is C24H41N3O4. The van der Waals surface area contributed by atoms with Gasteiger partial charge >= 0.3 is 0 Å². The zero-order valence-corrected chi connectivity index (χ0v) is 19.9. The van der Waals surface area contributed by atoms with Crippen LogP contribution in [0.1, 0.15) is 52.5 Å². The lowest BCUT2D eigenvalue weighted by Gasteiger charge is -2.29. The van der Waals surface area contributed by atoms with Gasteiger partial charge in [0, 0.05) is 19.5 Å². The fourth-order valence-corrected chi connectivity index (χ4v) is 2.88. The molecule has 2 amide bonds. The van der Waals surface area contributed by atoms with E-state index in [0.29, 0.717) is 32.6 Å². The molecule has 7 nitrogen and oxygen atoms in total. The van der Waals surface area contributed by atoms with Crippen molar-refractivity contribution in [1.82, 2.24) is 16.0 Å². The minimum Gasteiger partial charge on any atom is -0.375 e. The monoisotopic (exact) mass is 435 g/mol. The molecule has 31 heavy (non-hydrogen) atoms. The van der Waals surface area contributed by atoms with Gasteiger partial charge in [-0.2, -0.15) is 0 Å². The number of nitrogens with one attached hydrogen (secondary N) is 3. The van der Waals surface area contributed by atoms with Crippen LogP contribution in [0.5, 0.6) is 0 Å². The summed E-state index contributed by atoms with van der Waals surface area (Å²) < 4.78 is 11.8. The van der Waals surface area contributed by atoms with Crippen LogP contribution in [-0.4, -0.2) is 62.9 Å². The minimum atomic E-state index is -0.420. The minimum absolute atomic E-state index is 0.00689. The van der Waals surface area contributed by atoms with Crippen LogP contribution < -0.4 is 16.0 Å². The highest BCUT2D eigenvalue weighted by Crippen LogP contribution is 2.20. The first-order valence-electron chi connectivity index (χ1n) is 11.1. The third kappa shape index (κ3) is 13.9. The van der Waals surface area contributed by atoms with E-state index in [1.807, 2.05) is 51.2 Å². The van der Waals surface area contributed by atoms with Crippen molar-refractivity contribution in [3.05, 3.63) is 35.9 Å². The van der Waals surface area contributed by atoms with E-state index in [-0.39, 0.29) is 24.0 Å². The van der Waals surface area contributed by atoms with Gasteiger partial charge in [-0.15, -0.1) is 0 Å². The molecule has 3 N–H and O–H groups in total. The molecule has 1 aromatic rings. The van der Waals surface area contributed by atoms with E-state index in [1.54, 1.807) is 0 Å². The SMILES string of the molecule is CNCCOC(C)(C)CCOC(C)(C)CCC(=O)NCC(=O)NCCc1ccccc1. The molecule has 0 aliphatic heterocycles. The predicted molar refractivity (Wildman–Crippen MR) is 124 cm³/mol. The molecule has 0 fully saturated rings. The number of hydrogen-bond donors (Lipinski definition) is 3. The molecule has 0 aliphatic carbocycles. The summed E-state index contributed by atoms with van der Waals surface area (Å²) in [6.45, 7) is 10.6. The molecule has 0 atom stereocenters. The Morgan fingerprint density at radius 2 is 1.48 bits per heavy atom. The van der Waals surface area contributed by atoms with Crippen molar-refractivity contribution >= 4 is 11.8 Å². The Hall–Kier alpha value is -1.96. The van der Waals surface area contributed by atoms with E-state index in [4.69, 9.17) is 9.47 Å². The van der Waals surface area contributed by atoms with Crippen LogP contribution in [0.4, 0.5) is 0 Å². The maximum Gasteiger partial charge on any atom is 0.239 e. The summed E-state index contributed by atoms with van der Waals surface area (Å²) in [4.78, 5) is 24.0. The van der Waals surface area contributed by atoms with Crippen LogP contribution in [0.25, 0.3) is 0 Å². The Kier molecular flexibility index (Phi) is 12.4. The third-order valence-corrected chi connectivity index (χ3v) is 5.02. The topological polar surface area (TPSA) is 88.7 Å². The van der Waals surface area contributed by atoms with Gasteiger partial charge in [-0.3, -0.25) is 9.59 Å². The van der Waals surface area contributed by atoms with Crippen LogP contribution in [0.15, 0.2) is 30.3 Å². The molecule has 0 saturated carbocycles. The van der Waals surface area contributed by atoms with E-state index in [9.17, 15) is 9.59 Å². The molecule has 0 heterocycles. The largest absolute Gasteiger partial charge is 0.375 e. The summed E-state index contributed by atoms with van der Waals surface area (Å²) in [5.74, 6) is -0.328. The number of rotatable bonds is 16. The Labute approximate surface area is 187 Å². The van der Waals surface area contributed by atoms with Gasteiger partial charge in [-0.05, 0) is 59.6 Å². The van der Waals surface area contributed by atoms with E-state index < -0.39 is 5.60 Å². The van der Waals surface area contributed by atoms with Gasteiger partial charge in [0.2, 0.25) is 11.8 Å². The van der Waals surface area contributed by atoms with Crippen molar-refractivity contribution in [2.75, 3.05) is 39.9 Å². The summed E-state index contributed by atoms with van der Waals surface area (Å²) in [7, 11) is 1.90. The van der Waals surface area contributed by atoms with Crippen LogP contribution >= 0.6 is 0 Å². The standard InChI is InChI=1S/C24H41N3O4/c1-23(2,30-17-14-24(3,4)31-18-16-25-5)13-11-21(28)27-19-22(29)26-15-12-20-9-7-6-8-10-20/h6-10,25H,11-19H2,1-5H3,(H,26,29)(H,27,28). The number of amides is 2. The second-order valence-electron chi connectivity index (χ2n) is 8.93. The molecule has 0 aromatic heterocycles. The zero-order chi connectivity index (χ0) is 23.2. The lowest BCUT2D eigenvalue weighted by atomic mass is 10.0. The smallest absolute Gasteiger partial charge is 0.239 e. The zero-order valence-electron chi connectivity index (χ0n) is 19.9. The van der Waals surface area contributed by atoms with Gasteiger partial charge in [0.15, 0.2) is 0 Å². The molecule has 1 rings (SSSR count). The summed E-state index contributed by atoms with van der Waals surface area (Å²) in [5.41, 5.74) is 0.496. The van der Waals surface area contributed by atoms with Crippen molar-refractivity contribution in [3.8, 4) is 0 Å². The highest BCUT2D eigenvalue weighted by atomic mass is 16.5. The Balaban J connectivity index is 2.16. The molecule has 1 aromatic carbocycles. The van der Waals surface area contributed by atoms with E-state index >= 15 is 0 Å². The molecule has 0 unspecified atom stereocenters. The van der Waals surface area contributed by atoms with E-state index in [0.717, 1.165) is 19.4 Å². The average Bonchev–Trinajstić information content (AvgIpc) is 2.71. The van der Waals surface area contributed by atoms with Crippen molar-refractivity contribution in [2.45, 2.75) is 64.6 Å². The Bertz CT molecular complexity index is 647. The predicted octanol–water partition coefficient (Wildman–Crippen LogP) is 2.44. The van der Waals surface area contributed by atoms with Gasteiger partial charge in [0.25, 0.3) is 0 Å². The molecule has 0 radical (unpaired) electrons. The second-order valence-corrected chi connectivity index (χ2v) is 8.93. The second kappa shape index (κ2) is 14.2. The van der Waals surface area contributed by atoms with Gasteiger partial charge < -0.3 is 25.4 Å². The number of carbonyl (C=O) groups excluding carboxylic acids is 2. The fourth-order valence-electron chi connectivity index (χ4n) is 2.88. The number of ether oxygens (including phenoxy) is 2. The quantitative estimate of drug-likeness (QED) is 0.347. The average molecular weight is 436 g/mol. The summed E-state index contributed by atoms with van der Waals surface area (Å²) in [6, 6.07) is 9.96. The Morgan fingerprint density at radius 1 is 0.839 bits per heavy atom. The third-order valence-electron chi connectivity index (χ3n) is 5.02. The van der Waals surface area contributed by atoms with Crippen molar-refractivity contribution < 1.29 is 19.1 Å². The number of hydrogen-bond acceptors (Lipinski definition) is 5. The summed E-state index contributed by atoms with van der Waals surface area (Å²) in [5, 5.41) is 8.57. The van der Waals surface area contributed by atoms with Crippen LogP contribution in [0, 0.1) is 0 Å². The van der Waals surface area contributed by atoms with Crippen LogP contribution in [-0.2, 0) is 25.5 Å². The van der Waals surface area contributed by atoms with Gasteiger partial charge in [-0.25, -0.2) is 0 Å². The van der Waals surface area contributed by atoms with Gasteiger partial charge in [-0.1, -0.05) is 30.3 Å². The number of carbonyl (C=O) groups is 2. The number of likely N-dealkylation sites (N-methyl/N-ethyl adjacent to an activating group) is 1. The molecular weight excluding hydrogens is 394 g/mol. The highest BCUT2D eigenvalue weighted by molar-refractivity contribution is 5.84. The normalized spacial score (nSPS) is 11.9. The molecule has 0 spiro atoms. The van der Waals surface area contributed by atoms with Crippen molar-refractivity contribution in [1.29, 1.82) is 0 Å². The summed E-state index contributed by atoms with van der Waals surface area (Å²) >= 11 is 0. The van der Waals surface area contributed by atoms with Crippen molar-refractivity contribution in [3.63, 3.8) is 0 Å². The number of benzene rings is 1. The van der Waals surface area contributed by atoms with E-state index in [1.165, 1.54) is 5.56 Å². The van der Waals surface area contributed by atoms with Crippen LogP contribution in [0.2, 0.25) is 0 Å². The van der Waals surface area contributed by atoms with Crippen molar-refractivity contribution in [2.24, 2.45) is 0 Å². The highest BCUT2D eigenvalue weighted by Gasteiger charge is 2.23. The summed E-state index contributed by atoms with van der Waals surface area (Å²) in [6.07, 6.45) is 2.43. The molecule has 0 aliphatic rings. The lowest BCUT2D eigenvalue weighted by molar-refractivity contribution is -0.127. The Morgan fingerprint density at radius 3 is 2.16 bits per heavy atom. The van der Waals surface area contributed by atoms with Gasteiger partial charge in [0.1, 0.15) is 0 Å².